The summed E-state index contributed by atoms with van der Waals surface area (Å²) in [5.74, 6) is -0.826. The summed E-state index contributed by atoms with van der Waals surface area (Å²) in [6, 6.07) is 3.85. The predicted octanol–water partition coefficient (Wildman–Crippen LogP) is 1.58. The predicted molar refractivity (Wildman–Crippen MR) is 49.7 cm³/mol. The maximum atomic E-state index is 10.5. The van der Waals surface area contributed by atoms with Gasteiger partial charge in [0.05, 0.1) is 12.1 Å². The zero-order valence-electron chi connectivity index (χ0n) is 7.87. The van der Waals surface area contributed by atoms with Gasteiger partial charge in [0.15, 0.2) is 0 Å². The van der Waals surface area contributed by atoms with Gasteiger partial charge in [0, 0.05) is 5.69 Å². The van der Waals surface area contributed by atoms with Crippen molar-refractivity contribution in [3.8, 4) is 0 Å². The number of pyridine rings is 1. The molecule has 0 saturated heterocycles. The van der Waals surface area contributed by atoms with Crippen LogP contribution in [0, 0.1) is 6.92 Å². The number of aliphatic carboxylic acids is 1. The molecule has 0 aliphatic carbocycles. The van der Waals surface area contributed by atoms with E-state index in [0.717, 1.165) is 17.7 Å². The van der Waals surface area contributed by atoms with Crippen LogP contribution >= 0.6 is 0 Å². The van der Waals surface area contributed by atoms with Gasteiger partial charge in [-0.3, -0.25) is 9.78 Å². The molecule has 13 heavy (non-hydrogen) atoms. The summed E-state index contributed by atoms with van der Waals surface area (Å²) in [7, 11) is 0. The maximum absolute atomic E-state index is 10.5. The van der Waals surface area contributed by atoms with Crippen LogP contribution in [0.2, 0.25) is 0 Å². The van der Waals surface area contributed by atoms with Crippen molar-refractivity contribution in [3.05, 3.63) is 29.1 Å². The van der Waals surface area contributed by atoms with E-state index in [1.165, 1.54) is 0 Å². The van der Waals surface area contributed by atoms with Crippen molar-refractivity contribution in [2.24, 2.45) is 0 Å². The molecule has 0 atom stereocenters. The third kappa shape index (κ3) is 2.54. The Kier molecular flexibility index (Phi) is 3.01. The first-order valence-corrected chi connectivity index (χ1v) is 4.30. The molecule has 0 aliphatic rings. The van der Waals surface area contributed by atoms with E-state index < -0.39 is 5.97 Å². The molecule has 0 bridgehead atoms. The van der Waals surface area contributed by atoms with Crippen LogP contribution in [-0.2, 0) is 17.6 Å². The van der Waals surface area contributed by atoms with E-state index in [1.807, 2.05) is 26.0 Å². The van der Waals surface area contributed by atoms with Crippen LogP contribution in [0.1, 0.15) is 23.9 Å². The van der Waals surface area contributed by atoms with Crippen molar-refractivity contribution in [1.29, 1.82) is 0 Å². The molecule has 0 amide bonds. The third-order valence-electron chi connectivity index (χ3n) is 1.91. The van der Waals surface area contributed by atoms with Crippen LogP contribution in [0.5, 0.6) is 0 Å². The topological polar surface area (TPSA) is 50.2 Å². The Morgan fingerprint density at radius 1 is 1.54 bits per heavy atom. The molecule has 1 N–H and O–H groups in total. The fourth-order valence-corrected chi connectivity index (χ4v) is 1.26. The molecule has 1 rings (SSSR count). The quantitative estimate of drug-likeness (QED) is 0.766. The SMILES string of the molecule is CCc1ccc(C)nc1CC(=O)O. The Hall–Kier alpha value is -1.38. The minimum Gasteiger partial charge on any atom is -0.481 e. The smallest absolute Gasteiger partial charge is 0.309 e. The maximum Gasteiger partial charge on any atom is 0.309 e. The van der Waals surface area contributed by atoms with Gasteiger partial charge in [0.25, 0.3) is 0 Å². The molecule has 0 fully saturated rings. The van der Waals surface area contributed by atoms with Crippen LogP contribution in [0.4, 0.5) is 0 Å². The van der Waals surface area contributed by atoms with E-state index in [2.05, 4.69) is 4.98 Å². The van der Waals surface area contributed by atoms with Gasteiger partial charge in [-0.15, -0.1) is 0 Å². The lowest BCUT2D eigenvalue weighted by Crippen LogP contribution is -2.06. The average molecular weight is 179 g/mol. The van der Waals surface area contributed by atoms with Crippen molar-refractivity contribution >= 4 is 5.97 Å². The highest BCUT2D eigenvalue weighted by atomic mass is 16.4. The van der Waals surface area contributed by atoms with Crippen molar-refractivity contribution in [1.82, 2.24) is 4.98 Å². The van der Waals surface area contributed by atoms with Gasteiger partial charge in [-0.25, -0.2) is 0 Å². The van der Waals surface area contributed by atoms with Gasteiger partial charge in [-0.2, -0.15) is 0 Å². The fraction of sp³-hybridized carbons (Fsp3) is 0.400. The van der Waals surface area contributed by atoms with Crippen molar-refractivity contribution < 1.29 is 9.90 Å². The Labute approximate surface area is 77.4 Å². The number of nitrogens with zero attached hydrogens (tertiary/aromatic N) is 1. The van der Waals surface area contributed by atoms with Crippen LogP contribution in [-0.4, -0.2) is 16.1 Å². The molecular weight excluding hydrogens is 166 g/mol. The van der Waals surface area contributed by atoms with Gasteiger partial charge >= 0.3 is 5.97 Å². The minimum atomic E-state index is -0.826. The van der Waals surface area contributed by atoms with Crippen LogP contribution < -0.4 is 0 Å². The zero-order chi connectivity index (χ0) is 9.84. The van der Waals surface area contributed by atoms with Gasteiger partial charge in [-0.05, 0) is 25.0 Å². The molecule has 70 valence electrons. The number of carboxylic acids is 1. The first-order valence-electron chi connectivity index (χ1n) is 4.30. The lowest BCUT2D eigenvalue weighted by atomic mass is 10.1. The standard InChI is InChI=1S/C10H13NO2/c1-3-8-5-4-7(2)11-9(8)6-10(12)13/h4-5H,3,6H2,1-2H3,(H,12,13). The molecule has 3 nitrogen and oxygen atoms in total. The number of carboxylic acid groups (broad SMARTS) is 1. The number of hydrogen-bond donors (Lipinski definition) is 1. The van der Waals surface area contributed by atoms with Gasteiger partial charge in [0.2, 0.25) is 0 Å². The molecular formula is C10H13NO2. The third-order valence-corrected chi connectivity index (χ3v) is 1.91. The highest BCUT2D eigenvalue weighted by Gasteiger charge is 2.06. The average Bonchev–Trinajstić information content (AvgIpc) is 2.03. The van der Waals surface area contributed by atoms with Crippen LogP contribution in [0.3, 0.4) is 0 Å². The molecule has 1 heterocycles. The second-order valence-electron chi connectivity index (χ2n) is 2.98. The second-order valence-corrected chi connectivity index (χ2v) is 2.98. The molecule has 0 unspecified atom stereocenters. The molecule has 0 aromatic carbocycles. The van der Waals surface area contributed by atoms with E-state index in [4.69, 9.17) is 5.11 Å². The number of aryl methyl sites for hydroxylation is 2. The fourth-order valence-electron chi connectivity index (χ4n) is 1.26. The van der Waals surface area contributed by atoms with E-state index in [0.29, 0.717) is 5.69 Å². The van der Waals surface area contributed by atoms with Crippen molar-refractivity contribution in [3.63, 3.8) is 0 Å². The Bertz CT molecular complexity index is 321. The van der Waals surface area contributed by atoms with Crippen molar-refractivity contribution in [2.75, 3.05) is 0 Å². The van der Waals surface area contributed by atoms with Crippen LogP contribution in [0.15, 0.2) is 12.1 Å². The second kappa shape index (κ2) is 4.03. The number of hydrogen-bond acceptors (Lipinski definition) is 2. The largest absolute Gasteiger partial charge is 0.481 e. The van der Waals surface area contributed by atoms with Gasteiger partial charge in [-0.1, -0.05) is 13.0 Å². The highest BCUT2D eigenvalue weighted by Crippen LogP contribution is 2.09. The van der Waals surface area contributed by atoms with Crippen molar-refractivity contribution in [2.45, 2.75) is 26.7 Å². The first-order chi connectivity index (χ1) is 6.13. The summed E-state index contributed by atoms with van der Waals surface area (Å²) in [5, 5.41) is 8.64. The molecule has 0 aliphatic heterocycles. The summed E-state index contributed by atoms with van der Waals surface area (Å²) >= 11 is 0. The molecule has 0 spiro atoms. The monoisotopic (exact) mass is 179 g/mol. The number of carbonyl (C=O) groups is 1. The Morgan fingerprint density at radius 3 is 2.77 bits per heavy atom. The summed E-state index contributed by atoms with van der Waals surface area (Å²) in [4.78, 5) is 14.7. The van der Waals surface area contributed by atoms with E-state index in [9.17, 15) is 4.79 Å². The summed E-state index contributed by atoms with van der Waals surface area (Å²) in [5.41, 5.74) is 2.58. The van der Waals surface area contributed by atoms with E-state index in [1.54, 1.807) is 0 Å². The summed E-state index contributed by atoms with van der Waals surface area (Å²) in [6.07, 6.45) is 0.848. The molecule has 3 heteroatoms. The van der Waals surface area contributed by atoms with Gasteiger partial charge in [0.1, 0.15) is 0 Å². The van der Waals surface area contributed by atoms with Gasteiger partial charge < -0.3 is 5.11 Å². The normalized spacial score (nSPS) is 10.0. The summed E-state index contributed by atoms with van der Waals surface area (Å²) < 4.78 is 0. The lowest BCUT2D eigenvalue weighted by Gasteiger charge is -2.04. The Morgan fingerprint density at radius 2 is 2.23 bits per heavy atom. The number of aromatic nitrogens is 1. The Balaban J connectivity index is 3.01. The van der Waals surface area contributed by atoms with Crippen LogP contribution in [0.25, 0.3) is 0 Å². The molecule has 0 radical (unpaired) electrons. The molecule has 1 aromatic rings. The molecule has 1 aromatic heterocycles. The van der Waals surface area contributed by atoms with E-state index >= 15 is 0 Å². The zero-order valence-corrected chi connectivity index (χ0v) is 7.87. The minimum absolute atomic E-state index is 0.0187. The highest BCUT2D eigenvalue weighted by molar-refractivity contribution is 5.70. The van der Waals surface area contributed by atoms with E-state index in [-0.39, 0.29) is 6.42 Å². The summed E-state index contributed by atoms with van der Waals surface area (Å²) in [6.45, 7) is 3.86. The molecule has 0 saturated carbocycles. The number of rotatable bonds is 3. The first kappa shape index (κ1) is 9.71. The lowest BCUT2D eigenvalue weighted by molar-refractivity contribution is -0.136.